The second-order valence-corrected chi connectivity index (χ2v) is 6.50. The van der Waals surface area contributed by atoms with Gasteiger partial charge in [-0.15, -0.1) is 0 Å². The number of amides is 1. The van der Waals surface area contributed by atoms with E-state index in [1.54, 1.807) is 0 Å². The quantitative estimate of drug-likeness (QED) is 0.340. The van der Waals surface area contributed by atoms with Crippen molar-refractivity contribution < 1.29 is 9.63 Å². The number of carbonyl (C=O) groups is 1. The average Bonchev–Trinajstić information content (AvgIpc) is 2.93. The van der Waals surface area contributed by atoms with Crippen molar-refractivity contribution in [3.8, 4) is 0 Å². The van der Waals surface area contributed by atoms with Crippen LogP contribution in [0.3, 0.4) is 0 Å². The Kier molecular flexibility index (Phi) is 11.9. The van der Waals surface area contributed by atoms with Crippen LogP contribution in [0.25, 0.3) is 0 Å². The molecule has 0 saturated carbocycles. The molecule has 1 amide bonds. The zero-order valence-electron chi connectivity index (χ0n) is 14.4. The van der Waals surface area contributed by atoms with Crippen molar-refractivity contribution in [1.82, 2.24) is 0 Å². The Bertz CT molecular complexity index is 305. The van der Waals surface area contributed by atoms with E-state index in [9.17, 15) is 4.79 Å². The summed E-state index contributed by atoms with van der Waals surface area (Å²) >= 11 is 0. The molecule has 0 aromatic rings. The van der Waals surface area contributed by atoms with Crippen LogP contribution in [0.2, 0.25) is 0 Å². The lowest BCUT2D eigenvalue weighted by molar-refractivity contribution is -0.124. The van der Waals surface area contributed by atoms with Gasteiger partial charge in [-0.2, -0.15) is 0 Å². The normalized spacial score (nSPS) is 17.1. The summed E-state index contributed by atoms with van der Waals surface area (Å²) in [7, 11) is 0. The Morgan fingerprint density at radius 1 is 0.773 bits per heavy atom. The van der Waals surface area contributed by atoms with Gasteiger partial charge in [0.15, 0.2) is 0 Å². The highest BCUT2D eigenvalue weighted by Crippen LogP contribution is 2.16. The smallest absolute Gasteiger partial charge is 0.311 e. The maximum absolute atomic E-state index is 11.2. The van der Waals surface area contributed by atoms with Crippen LogP contribution < -0.4 is 0 Å². The third-order valence-electron chi connectivity index (χ3n) is 4.41. The molecule has 1 atom stereocenters. The van der Waals surface area contributed by atoms with Crippen LogP contribution in [0, 0.1) is 0 Å². The molecule has 0 radical (unpaired) electrons. The van der Waals surface area contributed by atoms with Crippen LogP contribution >= 0.6 is 0 Å². The Balaban J connectivity index is 1.70. The molecule has 0 N–H and O–H groups in total. The molecule has 22 heavy (non-hydrogen) atoms. The van der Waals surface area contributed by atoms with Gasteiger partial charge in [-0.25, -0.2) is 0 Å². The molecule has 128 valence electrons. The fraction of sp³-hybridized carbons (Fsp3) is 0.944. The van der Waals surface area contributed by atoms with Crippen molar-refractivity contribution in [1.29, 1.82) is 0 Å². The first-order valence-electron chi connectivity index (χ1n) is 9.45. The summed E-state index contributed by atoms with van der Waals surface area (Å²) in [6, 6.07) is 0. The topological polar surface area (TPSA) is 51.0 Å². The van der Waals surface area contributed by atoms with Gasteiger partial charge in [0.05, 0.1) is 0 Å². The lowest BCUT2D eigenvalue weighted by Crippen LogP contribution is -2.15. The Morgan fingerprint density at radius 2 is 1.23 bits per heavy atom. The van der Waals surface area contributed by atoms with E-state index in [4.69, 9.17) is 4.84 Å². The van der Waals surface area contributed by atoms with Crippen LogP contribution in [-0.4, -0.2) is 12.0 Å². The molecule has 0 saturated heterocycles. The van der Waals surface area contributed by atoms with E-state index in [-0.39, 0.29) is 5.91 Å². The third-order valence-corrected chi connectivity index (χ3v) is 4.41. The maximum Gasteiger partial charge on any atom is 0.311 e. The first-order chi connectivity index (χ1) is 10.8. The molecule has 0 fully saturated rings. The van der Waals surface area contributed by atoms with Crippen molar-refractivity contribution in [2.24, 2.45) is 10.4 Å². The first-order valence-corrected chi connectivity index (χ1v) is 9.45. The van der Waals surface area contributed by atoms with Crippen LogP contribution in [0.15, 0.2) is 10.4 Å². The summed E-state index contributed by atoms with van der Waals surface area (Å²) < 4.78 is 0. The van der Waals surface area contributed by atoms with Crippen LogP contribution in [-0.2, 0) is 9.63 Å². The predicted molar refractivity (Wildman–Crippen MR) is 89.7 cm³/mol. The summed E-state index contributed by atoms with van der Waals surface area (Å²) in [5, 5.41) is 6.67. The fourth-order valence-corrected chi connectivity index (χ4v) is 2.93. The molecule has 4 heteroatoms. The SMILES string of the molecule is CCCCCCCCCCCCCCCCC1ON=NC1=O. The second-order valence-electron chi connectivity index (χ2n) is 6.50. The number of unbranched alkanes of at least 4 members (excludes halogenated alkanes) is 13. The zero-order chi connectivity index (χ0) is 15.9. The predicted octanol–water partition coefficient (Wildman–Crippen LogP) is 6.15. The number of carbonyl (C=O) groups excluding carboxylic acids is 1. The van der Waals surface area contributed by atoms with E-state index in [2.05, 4.69) is 17.3 Å². The van der Waals surface area contributed by atoms with Crippen LogP contribution in [0.1, 0.15) is 103 Å². The van der Waals surface area contributed by atoms with E-state index in [1.807, 2.05) is 0 Å². The summed E-state index contributed by atoms with van der Waals surface area (Å²) in [5.41, 5.74) is 0. The maximum atomic E-state index is 11.2. The van der Waals surface area contributed by atoms with E-state index in [0.717, 1.165) is 12.8 Å². The van der Waals surface area contributed by atoms with Gasteiger partial charge in [0, 0.05) is 5.28 Å². The van der Waals surface area contributed by atoms with E-state index in [1.165, 1.54) is 83.5 Å². The monoisotopic (exact) mass is 310 g/mol. The Hall–Kier alpha value is -0.930. The summed E-state index contributed by atoms with van der Waals surface area (Å²) in [4.78, 5) is 16.0. The molecule has 0 aromatic heterocycles. The number of hydrogen-bond acceptors (Lipinski definition) is 3. The zero-order valence-corrected chi connectivity index (χ0v) is 14.4. The summed E-state index contributed by atoms with van der Waals surface area (Å²) in [5.74, 6) is -0.213. The Labute approximate surface area is 136 Å². The largest absolute Gasteiger partial charge is 0.366 e. The molecule has 1 aliphatic heterocycles. The molecule has 0 spiro atoms. The van der Waals surface area contributed by atoms with Crippen LogP contribution in [0.4, 0.5) is 0 Å². The molecule has 0 bridgehead atoms. The van der Waals surface area contributed by atoms with Crippen molar-refractivity contribution in [3.05, 3.63) is 0 Å². The fourth-order valence-electron chi connectivity index (χ4n) is 2.93. The standard InChI is InChI=1S/C18H34N2O2/c1-2-3-4-5-6-7-8-9-10-11-12-13-14-15-16-17-18(21)19-20-22-17/h17H,2-16H2,1H3. The van der Waals surface area contributed by atoms with Crippen LogP contribution in [0.5, 0.6) is 0 Å². The van der Waals surface area contributed by atoms with Crippen molar-refractivity contribution in [3.63, 3.8) is 0 Å². The van der Waals surface area contributed by atoms with Gasteiger partial charge in [0.25, 0.3) is 0 Å². The summed E-state index contributed by atoms with van der Waals surface area (Å²) in [6.45, 7) is 2.27. The molecule has 0 aliphatic carbocycles. The lowest BCUT2D eigenvalue weighted by atomic mass is 10.0. The molecule has 1 rings (SSSR count). The second kappa shape index (κ2) is 13.7. The van der Waals surface area contributed by atoms with Gasteiger partial charge >= 0.3 is 5.91 Å². The molecule has 1 unspecified atom stereocenters. The molecule has 1 aliphatic rings. The highest BCUT2D eigenvalue weighted by Gasteiger charge is 2.24. The summed E-state index contributed by atoms with van der Waals surface area (Å²) in [6.07, 6.45) is 19.2. The highest BCUT2D eigenvalue weighted by atomic mass is 16.7. The molecule has 0 aromatic carbocycles. The number of rotatable bonds is 15. The minimum Gasteiger partial charge on any atom is -0.366 e. The van der Waals surface area contributed by atoms with Crippen molar-refractivity contribution in [2.75, 3.05) is 0 Å². The van der Waals surface area contributed by atoms with Gasteiger partial charge in [0.1, 0.15) is 0 Å². The van der Waals surface area contributed by atoms with Gasteiger partial charge in [-0.1, -0.05) is 95.5 Å². The van der Waals surface area contributed by atoms with Crippen molar-refractivity contribution >= 4 is 5.91 Å². The van der Waals surface area contributed by atoms with E-state index in [0.29, 0.717) is 0 Å². The van der Waals surface area contributed by atoms with Gasteiger partial charge in [-0.3, -0.25) is 4.79 Å². The average molecular weight is 310 g/mol. The Morgan fingerprint density at radius 3 is 1.64 bits per heavy atom. The van der Waals surface area contributed by atoms with Crippen molar-refractivity contribution in [2.45, 2.75) is 109 Å². The van der Waals surface area contributed by atoms with E-state index >= 15 is 0 Å². The van der Waals surface area contributed by atoms with Gasteiger partial charge < -0.3 is 4.84 Å². The lowest BCUT2D eigenvalue weighted by Gasteiger charge is -2.05. The highest BCUT2D eigenvalue weighted by molar-refractivity contribution is 5.81. The molecular weight excluding hydrogens is 276 g/mol. The number of nitrogens with zero attached hydrogens (tertiary/aromatic N) is 2. The third kappa shape index (κ3) is 9.91. The van der Waals surface area contributed by atoms with Gasteiger partial charge in [-0.05, 0) is 12.8 Å². The van der Waals surface area contributed by atoms with E-state index < -0.39 is 6.10 Å². The molecule has 4 nitrogen and oxygen atoms in total. The molecule has 1 heterocycles. The first kappa shape index (κ1) is 19.1. The molecular formula is C18H34N2O2. The minimum atomic E-state index is -0.391. The number of hydrogen-bond donors (Lipinski definition) is 0. The van der Waals surface area contributed by atoms with Gasteiger partial charge in [0.2, 0.25) is 6.10 Å². The minimum absolute atomic E-state index is 0.213.